The fourth-order valence-electron chi connectivity index (χ4n) is 1.73. The molecule has 0 aliphatic heterocycles. The largest absolute Gasteiger partial charge is 0.394 e. The molecule has 1 heterocycles. The minimum Gasteiger partial charge on any atom is -0.394 e. The molecule has 0 radical (unpaired) electrons. The highest BCUT2D eigenvalue weighted by atomic mass is 16.3. The van der Waals surface area contributed by atoms with Crippen LogP contribution in [0.15, 0.2) is 18.3 Å². The fraction of sp³-hybridized carbons (Fsp3) is 0.538. The van der Waals surface area contributed by atoms with Gasteiger partial charge in [-0.25, -0.2) is 0 Å². The number of aliphatic hydroxyl groups excluding tert-OH is 1. The van der Waals surface area contributed by atoms with E-state index in [1.165, 1.54) is 0 Å². The first-order valence-corrected chi connectivity index (χ1v) is 6.19. The predicted molar refractivity (Wildman–Crippen MR) is 70.0 cm³/mol. The van der Waals surface area contributed by atoms with Gasteiger partial charge in [0.1, 0.15) is 0 Å². The second-order valence-corrected chi connectivity index (χ2v) is 4.34. The fourth-order valence-corrected chi connectivity index (χ4v) is 1.73. The molecular weight excluding hydrogens is 230 g/mol. The van der Waals surface area contributed by atoms with Crippen molar-refractivity contribution >= 4 is 5.91 Å². The van der Waals surface area contributed by atoms with Crippen LogP contribution >= 0.6 is 0 Å². The SMILES string of the molecule is CCC(CC)(CO)NC(=O)c1ccnc(CN)c1. The third-order valence-corrected chi connectivity index (χ3v) is 3.32. The van der Waals surface area contributed by atoms with Crippen molar-refractivity contribution in [1.29, 1.82) is 0 Å². The zero-order valence-electron chi connectivity index (χ0n) is 10.9. The summed E-state index contributed by atoms with van der Waals surface area (Å²) in [5, 5.41) is 12.3. The maximum atomic E-state index is 12.1. The normalized spacial score (nSPS) is 11.3. The molecule has 0 unspecified atom stereocenters. The first-order valence-electron chi connectivity index (χ1n) is 6.19. The van der Waals surface area contributed by atoms with Crippen molar-refractivity contribution in [2.75, 3.05) is 6.61 Å². The van der Waals surface area contributed by atoms with Gasteiger partial charge in [0.25, 0.3) is 5.91 Å². The molecule has 18 heavy (non-hydrogen) atoms. The number of carbonyl (C=O) groups is 1. The Hall–Kier alpha value is -1.46. The van der Waals surface area contributed by atoms with Crippen molar-refractivity contribution in [1.82, 2.24) is 10.3 Å². The minimum absolute atomic E-state index is 0.0689. The molecule has 1 amide bonds. The van der Waals surface area contributed by atoms with Crippen molar-refractivity contribution in [3.05, 3.63) is 29.6 Å². The van der Waals surface area contributed by atoms with Crippen LogP contribution in [0.1, 0.15) is 42.7 Å². The number of nitrogens with zero attached hydrogens (tertiary/aromatic N) is 1. The second-order valence-electron chi connectivity index (χ2n) is 4.34. The maximum Gasteiger partial charge on any atom is 0.251 e. The summed E-state index contributed by atoms with van der Waals surface area (Å²) >= 11 is 0. The summed E-state index contributed by atoms with van der Waals surface area (Å²) in [4.78, 5) is 16.2. The van der Waals surface area contributed by atoms with Crippen LogP contribution in [-0.2, 0) is 6.54 Å². The summed E-state index contributed by atoms with van der Waals surface area (Å²) in [6, 6.07) is 3.31. The highest BCUT2D eigenvalue weighted by molar-refractivity contribution is 5.94. The number of pyridine rings is 1. The lowest BCUT2D eigenvalue weighted by atomic mass is 9.93. The van der Waals surface area contributed by atoms with E-state index in [2.05, 4.69) is 10.3 Å². The van der Waals surface area contributed by atoms with Crippen LogP contribution in [0.2, 0.25) is 0 Å². The van der Waals surface area contributed by atoms with E-state index >= 15 is 0 Å². The summed E-state index contributed by atoms with van der Waals surface area (Å²) in [5.41, 5.74) is 6.13. The van der Waals surface area contributed by atoms with Gasteiger partial charge in [-0.05, 0) is 25.0 Å². The first kappa shape index (κ1) is 14.6. The number of hydrogen-bond donors (Lipinski definition) is 3. The lowest BCUT2D eigenvalue weighted by Gasteiger charge is -2.30. The third-order valence-electron chi connectivity index (χ3n) is 3.32. The Morgan fingerprint density at radius 1 is 1.50 bits per heavy atom. The topological polar surface area (TPSA) is 88.2 Å². The molecule has 0 spiro atoms. The number of aromatic nitrogens is 1. The van der Waals surface area contributed by atoms with Crippen molar-refractivity contribution in [3.8, 4) is 0 Å². The van der Waals surface area contributed by atoms with Crippen LogP contribution in [0.25, 0.3) is 0 Å². The van der Waals surface area contributed by atoms with Gasteiger partial charge in [-0.15, -0.1) is 0 Å². The lowest BCUT2D eigenvalue weighted by Crippen LogP contribution is -2.50. The molecule has 1 aromatic heterocycles. The Balaban J connectivity index is 2.86. The molecular formula is C13H21N3O2. The monoisotopic (exact) mass is 251 g/mol. The Morgan fingerprint density at radius 3 is 2.67 bits per heavy atom. The molecule has 4 N–H and O–H groups in total. The van der Waals surface area contributed by atoms with Crippen molar-refractivity contribution in [2.24, 2.45) is 5.73 Å². The lowest BCUT2D eigenvalue weighted by molar-refractivity contribution is 0.0817. The molecule has 100 valence electrons. The molecule has 0 saturated carbocycles. The number of rotatable bonds is 6. The standard InChI is InChI=1S/C13H21N3O2/c1-3-13(4-2,9-17)16-12(18)10-5-6-15-11(7-10)8-14/h5-7,17H,3-4,8-9,14H2,1-2H3,(H,16,18). The van der Waals surface area contributed by atoms with Crippen LogP contribution < -0.4 is 11.1 Å². The average molecular weight is 251 g/mol. The molecule has 1 rings (SSSR count). The van der Waals surface area contributed by atoms with Gasteiger partial charge in [0.2, 0.25) is 0 Å². The smallest absolute Gasteiger partial charge is 0.251 e. The van der Waals surface area contributed by atoms with E-state index in [4.69, 9.17) is 5.73 Å². The van der Waals surface area contributed by atoms with Crippen LogP contribution in [0.3, 0.4) is 0 Å². The number of amides is 1. The number of aliphatic hydroxyl groups is 1. The number of carbonyl (C=O) groups excluding carboxylic acids is 1. The molecule has 5 heteroatoms. The zero-order valence-corrected chi connectivity index (χ0v) is 10.9. The predicted octanol–water partition coefficient (Wildman–Crippen LogP) is 0.821. The highest BCUT2D eigenvalue weighted by Crippen LogP contribution is 2.15. The van der Waals surface area contributed by atoms with Crippen molar-refractivity contribution in [2.45, 2.75) is 38.8 Å². The Bertz CT molecular complexity index is 395. The van der Waals surface area contributed by atoms with E-state index < -0.39 is 5.54 Å². The molecule has 0 bridgehead atoms. The summed E-state index contributed by atoms with van der Waals surface area (Å²) in [6.45, 7) is 4.12. The molecule has 0 aliphatic carbocycles. The zero-order chi connectivity index (χ0) is 13.6. The van der Waals surface area contributed by atoms with Gasteiger partial charge < -0.3 is 16.2 Å². The summed E-state index contributed by atoms with van der Waals surface area (Å²) in [6.07, 6.45) is 2.93. The Labute approximate surface area is 107 Å². The van der Waals surface area contributed by atoms with Crippen molar-refractivity contribution in [3.63, 3.8) is 0 Å². The van der Waals surface area contributed by atoms with Crippen LogP contribution in [0, 0.1) is 0 Å². The van der Waals surface area contributed by atoms with Gasteiger partial charge in [-0.2, -0.15) is 0 Å². The van der Waals surface area contributed by atoms with E-state index in [1.807, 2.05) is 13.8 Å². The van der Waals surface area contributed by atoms with E-state index in [1.54, 1.807) is 18.3 Å². The number of nitrogens with one attached hydrogen (secondary N) is 1. The van der Waals surface area contributed by atoms with Gasteiger partial charge in [0.05, 0.1) is 17.8 Å². The molecule has 0 fully saturated rings. The van der Waals surface area contributed by atoms with Gasteiger partial charge >= 0.3 is 0 Å². The van der Waals surface area contributed by atoms with Gasteiger partial charge in [0.15, 0.2) is 0 Å². The first-order chi connectivity index (χ1) is 8.60. The van der Waals surface area contributed by atoms with Crippen LogP contribution in [0.4, 0.5) is 0 Å². The number of hydrogen-bond acceptors (Lipinski definition) is 4. The van der Waals surface area contributed by atoms with Crippen molar-refractivity contribution < 1.29 is 9.90 Å². The van der Waals surface area contributed by atoms with E-state index in [0.717, 1.165) is 0 Å². The Morgan fingerprint density at radius 2 is 2.17 bits per heavy atom. The third kappa shape index (κ3) is 3.27. The molecule has 0 aromatic carbocycles. The maximum absolute atomic E-state index is 12.1. The summed E-state index contributed by atoms with van der Waals surface area (Å²) < 4.78 is 0. The van der Waals surface area contributed by atoms with E-state index in [0.29, 0.717) is 30.6 Å². The summed E-state index contributed by atoms with van der Waals surface area (Å²) in [7, 11) is 0. The number of nitrogens with two attached hydrogens (primary N) is 1. The van der Waals surface area contributed by atoms with Gasteiger partial charge in [-0.3, -0.25) is 9.78 Å². The molecule has 5 nitrogen and oxygen atoms in total. The van der Waals surface area contributed by atoms with E-state index in [-0.39, 0.29) is 12.5 Å². The van der Waals surface area contributed by atoms with Gasteiger partial charge in [-0.1, -0.05) is 13.8 Å². The van der Waals surface area contributed by atoms with Gasteiger partial charge in [0, 0.05) is 18.3 Å². The Kier molecular flexibility index (Phi) is 5.25. The average Bonchev–Trinajstić information content (AvgIpc) is 2.44. The van der Waals surface area contributed by atoms with Crippen LogP contribution in [0.5, 0.6) is 0 Å². The second kappa shape index (κ2) is 6.47. The molecule has 0 atom stereocenters. The minimum atomic E-state index is -0.552. The molecule has 0 aliphatic rings. The van der Waals surface area contributed by atoms with Crippen LogP contribution in [-0.4, -0.2) is 28.1 Å². The van der Waals surface area contributed by atoms with E-state index in [9.17, 15) is 9.90 Å². The quantitative estimate of drug-likeness (QED) is 0.698. The molecule has 0 saturated heterocycles. The summed E-state index contributed by atoms with van der Waals surface area (Å²) in [5.74, 6) is -0.204. The highest BCUT2D eigenvalue weighted by Gasteiger charge is 2.27. The molecule has 1 aromatic rings.